The molecule has 1 aromatic heterocycles. The lowest BCUT2D eigenvalue weighted by Gasteiger charge is -2.34. The minimum atomic E-state index is -4.50. The Morgan fingerprint density at radius 2 is 1.83 bits per heavy atom. The average Bonchev–Trinajstić information content (AvgIpc) is 3.13. The zero-order valence-electron chi connectivity index (χ0n) is 15.9. The van der Waals surface area contributed by atoms with Crippen molar-refractivity contribution in [1.29, 1.82) is 0 Å². The van der Waals surface area contributed by atoms with Gasteiger partial charge in [0.1, 0.15) is 11.4 Å². The van der Waals surface area contributed by atoms with Gasteiger partial charge in [0.2, 0.25) is 0 Å². The highest BCUT2D eigenvalue weighted by atomic mass is 35.5. The lowest BCUT2D eigenvalue weighted by Crippen LogP contribution is -2.36. The molecule has 4 rings (SSSR count). The van der Waals surface area contributed by atoms with Gasteiger partial charge in [-0.05, 0) is 36.8 Å². The van der Waals surface area contributed by atoms with E-state index < -0.39 is 24.2 Å². The van der Waals surface area contributed by atoms with Gasteiger partial charge in [0.25, 0.3) is 5.91 Å². The molecule has 30 heavy (non-hydrogen) atoms. The summed E-state index contributed by atoms with van der Waals surface area (Å²) in [6.07, 6.45) is -3.57. The molecule has 0 saturated heterocycles. The Kier molecular flexibility index (Phi) is 5.19. The number of aryl methyl sites for hydroxylation is 1. The standard InChI is InChI=1S/C21H18ClF3N4O/c1-12-2-4-13(5-3-12)17-10-18(21(23,24)25)29-19(28-17)16(11-26-29)20(30)27-15-8-6-14(22)7-9-15/h2-9,11,17-18,28H,10H2,1H3,(H,27,30)/t17-,18-/m0/s1. The Bertz CT molecular complexity index is 1060. The lowest BCUT2D eigenvalue weighted by atomic mass is 9.96. The molecule has 0 unspecified atom stereocenters. The van der Waals surface area contributed by atoms with Crippen molar-refractivity contribution in [2.45, 2.75) is 31.6 Å². The minimum Gasteiger partial charge on any atom is -0.363 e. The SMILES string of the molecule is Cc1ccc([C@@H]2C[C@@H](C(F)(F)F)n3ncc(C(=O)Nc4ccc(Cl)cc4)c3N2)cc1. The van der Waals surface area contributed by atoms with Crippen molar-refractivity contribution in [1.82, 2.24) is 9.78 Å². The molecule has 2 heterocycles. The largest absolute Gasteiger partial charge is 0.410 e. The number of hydrogen-bond donors (Lipinski definition) is 2. The van der Waals surface area contributed by atoms with Crippen molar-refractivity contribution in [3.63, 3.8) is 0 Å². The molecule has 1 amide bonds. The van der Waals surface area contributed by atoms with Gasteiger partial charge in [-0.3, -0.25) is 4.79 Å². The van der Waals surface area contributed by atoms with Gasteiger partial charge < -0.3 is 10.6 Å². The number of nitrogens with zero attached hydrogens (tertiary/aromatic N) is 2. The first-order valence-corrected chi connectivity index (χ1v) is 9.64. The fourth-order valence-electron chi connectivity index (χ4n) is 3.48. The quantitative estimate of drug-likeness (QED) is 0.551. The minimum absolute atomic E-state index is 0.0380. The number of carbonyl (C=O) groups excluding carboxylic acids is 1. The van der Waals surface area contributed by atoms with Gasteiger partial charge in [-0.1, -0.05) is 41.4 Å². The van der Waals surface area contributed by atoms with E-state index in [-0.39, 0.29) is 17.8 Å². The summed E-state index contributed by atoms with van der Waals surface area (Å²) in [5.74, 6) is -0.517. The van der Waals surface area contributed by atoms with E-state index in [1.807, 2.05) is 19.1 Å². The van der Waals surface area contributed by atoms with E-state index in [1.54, 1.807) is 36.4 Å². The molecule has 0 bridgehead atoms. The molecule has 1 aliphatic rings. The van der Waals surface area contributed by atoms with Gasteiger partial charge in [-0.2, -0.15) is 18.3 Å². The first-order chi connectivity index (χ1) is 14.2. The summed E-state index contributed by atoms with van der Waals surface area (Å²) in [7, 11) is 0. The molecule has 2 N–H and O–H groups in total. The van der Waals surface area contributed by atoms with Gasteiger partial charge in [-0.15, -0.1) is 0 Å². The Morgan fingerprint density at radius 1 is 1.17 bits per heavy atom. The van der Waals surface area contributed by atoms with Gasteiger partial charge in [0.15, 0.2) is 6.04 Å². The van der Waals surface area contributed by atoms with Crippen LogP contribution in [0.5, 0.6) is 0 Å². The summed E-state index contributed by atoms with van der Waals surface area (Å²) in [6.45, 7) is 1.91. The van der Waals surface area contributed by atoms with Crippen LogP contribution >= 0.6 is 11.6 Å². The van der Waals surface area contributed by atoms with E-state index in [4.69, 9.17) is 11.6 Å². The number of carbonyl (C=O) groups is 1. The molecule has 1 aliphatic heterocycles. The zero-order chi connectivity index (χ0) is 21.5. The molecule has 0 radical (unpaired) electrons. The predicted octanol–water partition coefficient (Wildman–Crippen LogP) is 5.76. The predicted molar refractivity (Wildman–Crippen MR) is 109 cm³/mol. The van der Waals surface area contributed by atoms with Crippen LogP contribution in [0.25, 0.3) is 0 Å². The summed E-state index contributed by atoms with van der Waals surface area (Å²) in [5, 5.41) is 10.1. The van der Waals surface area contributed by atoms with Crippen molar-refractivity contribution < 1.29 is 18.0 Å². The number of anilines is 2. The van der Waals surface area contributed by atoms with E-state index >= 15 is 0 Å². The highest BCUT2D eigenvalue weighted by Gasteiger charge is 2.47. The van der Waals surface area contributed by atoms with Crippen LogP contribution in [-0.2, 0) is 0 Å². The van der Waals surface area contributed by atoms with Crippen LogP contribution in [0.3, 0.4) is 0 Å². The van der Waals surface area contributed by atoms with E-state index in [9.17, 15) is 18.0 Å². The maximum atomic E-state index is 13.8. The van der Waals surface area contributed by atoms with Crippen molar-refractivity contribution in [3.05, 3.63) is 76.4 Å². The van der Waals surface area contributed by atoms with Crippen LogP contribution in [0.15, 0.2) is 54.7 Å². The van der Waals surface area contributed by atoms with Gasteiger partial charge in [-0.25, -0.2) is 4.68 Å². The maximum Gasteiger partial charge on any atom is 0.410 e. The third kappa shape index (κ3) is 4.00. The topological polar surface area (TPSA) is 59.0 Å². The van der Waals surface area contributed by atoms with Crippen molar-refractivity contribution >= 4 is 29.0 Å². The summed E-state index contributed by atoms with van der Waals surface area (Å²) in [4.78, 5) is 12.8. The van der Waals surface area contributed by atoms with E-state index in [0.717, 1.165) is 16.4 Å². The van der Waals surface area contributed by atoms with E-state index in [1.165, 1.54) is 0 Å². The van der Waals surface area contributed by atoms with Crippen LogP contribution in [0.4, 0.5) is 24.7 Å². The second-order valence-corrected chi connectivity index (χ2v) is 7.65. The highest BCUT2D eigenvalue weighted by Crippen LogP contribution is 2.44. The molecule has 0 saturated carbocycles. The molecular weight excluding hydrogens is 417 g/mol. The van der Waals surface area contributed by atoms with Crippen molar-refractivity contribution in [2.24, 2.45) is 0 Å². The smallest absolute Gasteiger partial charge is 0.363 e. The summed E-state index contributed by atoms with van der Waals surface area (Å²) in [5.41, 5.74) is 2.24. The number of amides is 1. The van der Waals surface area contributed by atoms with E-state index in [2.05, 4.69) is 15.7 Å². The molecular formula is C21H18ClF3N4O. The third-order valence-electron chi connectivity index (χ3n) is 5.06. The summed E-state index contributed by atoms with van der Waals surface area (Å²) in [6, 6.07) is 11.3. The average molecular weight is 435 g/mol. The number of rotatable bonds is 3. The monoisotopic (exact) mass is 434 g/mol. The molecule has 2 aromatic carbocycles. The van der Waals surface area contributed by atoms with Crippen molar-refractivity contribution in [2.75, 3.05) is 10.6 Å². The normalized spacial score (nSPS) is 18.4. The lowest BCUT2D eigenvalue weighted by molar-refractivity contribution is -0.173. The summed E-state index contributed by atoms with van der Waals surface area (Å²) >= 11 is 5.84. The number of alkyl halides is 3. The van der Waals surface area contributed by atoms with Crippen LogP contribution in [0.2, 0.25) is 5.02 Å². The molecule has 156 valence electrons. The molecule has 2 atom stereocenters. The number of benzene rings is 2. The maximum absolute atomic E-state index is 13.8. The molecule has 9 heteroatoms. The fourth-order valence-corrected chi connectivity index (χ4v) is 3.60. The molecule has 5 nitrogen and oxygen atoms in total. The van der Waals surface area contributed by atoms with Crippen LogP contribution < -0.4 is 10.6 Å². The van der Waals surface area contributed by atoms with Crippen LogP contribution in [0, 0.1) is 6.92 Å². The first-order valence-electron chi connectivity index (χ1n) is 9.26. The number of halogens is 4. The molecule has 0 fully saturated rings. The second kappa shape index (κ2) is 7.68. The Balaban J connectivity index is 1.68. The van der Waals surface area contributed by atoms with Crippen molar-refractivity contribution in [3.8, 4) is 0 Å². The van der Waals surface area contributed by atoms with Crippen LogP contribution in [-0.4, -0.2) is 21.9 Å². The highest BCUT2D eigenvalue weighted by molar-refractivity contribution is 6.30. The first kappa shape index (κ1) is 20.3. The Labute approximate surface area is 175 Å². The third-order valence-corrected chi connectivity index (χ3v) is 5.32. The Hall–Kier alpha value is -3.00. The number of hydrogen-bond acceptors (Lipinski definition) is 3. The zero-order valence-corrected chi connectivity index (χ0v) is 16.6. The van der Waals surface area contributed by atoms with E-state index in [0.29, 0.717) is 16.3 Å². The van der Waals surface area contributed by atoms with Gasteiger partial charge in [0, 0.05) is 17.1 Å². The number of nitrogens with one attached hydrogen (secondary N) is 2. The fraction of sp³-hybridized carbons (Fsp3) is 0.238. The Morgan fingerprint density at radius 3 is 2.47 bits per heavy atom. The molecule has 3 aromatic rings. The van der Waals surface area contributed by atoms with Crippen LogP contribution in [0.1, 0.15) is 40.0 Å². The molecule has 0 aliphatic carbocycles. The molecule has 0 spiro atoms. The number of fused-ring (bicyclic) bond motifs is 1. The second-order valence-electron chi connectivity index (χ2n) is 7.21. The van der Waals surface area contributed by atoms with Gasteiger partial charge in [0.05, 0.1) is 12.2 Å². The number of aromatic nitrogens is 2. The summed E-state index contributed by atoms with van der Waals surface area (Å²) < 4.78 is 42.1. The van der Waals surface area contributed by atoms with Gasteiger partial charge >= 0.3 is 6.18 Å².